The third-order valence-electron chi connectivity index (χ3n) is 3.50. The van der Waals surface area contributed by atoms with E-state index >= 15 is 0 Å². The second-order valence-electron chi connectivity index (χ2n) is 5.32. The van der Waals surface area contributed by atoms with Gasteiger partial charge in [-0.15, -0.1) is 0 Å². The zero-order valence-electron chi connectivity index (χ0n) is 12.8. The highest BCUT2D eigenvalue weighted by Gasteiger charge is 2.53. The number of β-lactam (4-membered cyclic amide) rings is 1. The summed E-state index contributed by atoms with van der Waals surface area (Å²) in [5.74, 6) is -1.85. The van der Waals surface area contributed by atoms with Gasteiger partial charge in [-0.1, -0.05) is 30.3 Å². The molecule has 3 N–H and O–H groups in total. The summed E-state index contributed by atoms with van der Waals surface area (Å²) >= 11 is 0. The minimum atomic E-state index is -4.76. The maximum atomic E-state index is 12.0. The summed E-state index contributed by atoms with van der Waals surface area (Å²) in [6, 6.07) is 6.59. The molecule has 24 heavy (non-hydrogen) atoms. The molecule has 1 aliphatic heterocycles. The molecule has 3 amide bonds. The van der Waals surface area contributed by atoms with E-state index < -0.39 is 40.1 Å². The highest BCUT2D eigenvalue weighted by molar-refractivity contribution is 7.84. The third-order valence-corrected chi connectivity index (χ3v) is 4.45. The van der Waals surface area contributed by atoms with Crippen LogP contribution >= 0.6 is 0 Å². The molecule has 1 saturated heterocycles. The lowest BCUT2D eigenvalue weighted by Gasteiger charge is -2.44. The van der Waals surface area contributed by atoms with Crippen LogP contribution in [0.3, 0.4) is 0 Å². The van der Waals surface area contributed by atoms with Gasteiger partial charge in [-0.05, 0) is 5.56 Å². The summed E-state index contributed by atoms with van der Waals surface area (Å²) in [5.41, 5.74) is 0.729. The fourth-order valence-corrected chi connectivity index (χ4v) is 3.30. The van der Waals surface area contributed by atoms with Gasteiger partial charge < -0.3 is 10.6 Å². The Kier molecular flexibility index (Phi) is 5.20. The minimum absolute atomic E-state index is 0.0172. The molecular formula is C14H17N3O6S. The van der Waals surface area contributed by atoms with Gasteiger partial charge in [0.05, 0.1) is 12.5 Å². The molecule has 1 fully saturated rings. The number of hydrogen-bond donors (Lipinski definition) is 3. The standard InChI is InChI=1S/C14H17N3O6S/c1-9(18)15-8-11-13(14(20)17(11)24(21,22)23)16-12(19)7-10-5-3-2-4-6-10/h2-6,11,13H,7-8H2,1H3,(H,15,18)(H,16,19)(H,21,22,23)/t11-,13+/m0/s1. The van der Waals surface area contributed by atoms with Crippen LogP contribution in [-0.2, 0) is 31.1 Å². The summed E-state index contributed by atoms with van der Waals surface area (Å²) in [7, 11) is -4.76. The normalized spacial score (nSPS) is 20.2. The zero-order chi connectivity index (χ0) is 17.9. The van der Waals surface area contributed by atoms with Gasteiger partial charge in [-0.2, -0.15) is 8.42 Å². The van der Waals surface area contributed by atoms with Gasteiger partial charge in [0, 0.05) is 13.5 Å². The molecule has 0 saturated carbocycles. The van der Waals surface area contributed by atoms with Gasteiger partial charge >= 0.3 is 10.3 Å². The first kappa shape index (κ1) is 17.9. The largest absolute Gasteiger partial charge is 0.362 e. The van der Waals surface area contributed by atoms with Crippen molar-refractivity contribution in [3.8, 4) is 0 Å². The second-order valence-corrected chi connectivity index (χ2v) is 6.61. The fraction of sp³-hybridized carbons (Fsp3) is 0.357. The molecule has 0 aliphatic carbocycles. The summed E-state index contributed by atoms with van der Waals surface area (Å²) in [4.78, 5) is 34.9. The average molecular weight is 355 g/mol. The predicted octanol–water partition coefficient (Wildman–Crippen LogP) is -1.14. The van der Waals surface area contributed by atoms with E-state index in [0.717, 1.165) is 5.56 Å². The van der Waals surface area contributed by atoms with Crippen molar-refractivity contribution in [2.45, 2.75) is 25.4 Å². The van der Waals surface area contributed by atoms with Crippen LogP contribution in [0.1, 0.15) is 12.5 Å². The smallest absolute Gasteiger partial charge is 0.354 e. The first-order valence-electron chi connectivity index (χ1n) is 7.08. The van der Waals surface area contributed by atoms with Gasteiger partial charge in [0.1, 0.15) is 6.04 Å². The Labute approximate surface area is 138 Å². The van der Waals surface area contributed by atoms with Crippen molar-refractivity contribution in [2.24, 2.45) is 0 Å². The Morgan fingerprint density at radius 2 is 1.88 bits per heavy atom. The molecule has 0 bridgehead atoms. The van der Waals surface area contributed by atoms with Crippen LogP contribution in [0.2, 0.25) is 0 Å². The topological polar surface area (TPSA) is 133 Å². The average Bonchev–Trinajstić information content (AvgIpc) is 2.48. The van der Waals surface area contributed by atoms with Crippen LogP contribution in [0.4, 0.5) is 0 Å². The van der Waals surface area contributed by atoms with Crippen molar-refractivity contribution in [3.63, 3.8) is 0 Å². The number of carbonyl (C=O) groups excluding carboxylic acids is 3. The quantitative estimate of drug-likeness (QED) is 0.437. The highest BCUT2D eigenvalue weighted by Crippen LogP contribution is 2.23. The molecule has 10 heteroatoms. The number of nitrogens with zero attached hydrogens (tertiary/aromatic N) is 1. The first-order chi connectivity index (χ1) is 11.2. The molecule has 1 aromatic rings. The Morgan fingerprint density at radius 1 is 1.25 bits per heavy atom. The van der Waals surface area contributed by atoms with E-state index in [1.165, 1.54) is 6.92 Å². The van der Waals surface area contributed by atoms with Gasteiger partial charge in [0.2, 0.25) is 11.8 Å². The van der Waals surface area contributed by atoms with E-state index in [4.69, 9.17) is 4.55 Å². The predicted molar refractivity (Wildman–Crippen MR) is 82.9 cm³/mol. The summed E-state index contributed by atoms with van der Waals surface area (Å²) < 4.78 is 31.8. The van der Waals surface area contributed by atoms with Crippen LogP contribution in [0.25, 0.3) is 0 Å². The molecule has 0 aromatic heterocycles. The highest BCUT2D eigenvalue weighted by atomic mass is 32.2. The molecule has 2 atom stereocenters. The van der Waals surface area contributed by atoms with Crippen molar-refractivity contribution >= 4 is 28.0 Å². The van der Waals surface area contributed by atoms with Crippen molar-refractivity contribution in [3.05, 3.63) is 35.9 Å². The molecule has 130 valence electrons. The number of hydrogen-bond acceptors (Lipinski definition) is 5. The van der Waals surface area contributed by atoms with Crippen molar-refractivity contribution in [2.75, 3.05) is 6.54 Å². The summed E-state index contributed by atoms with van der Waals surface area (Å²) in [6.45, 7) is 1.01. The third kappa shape index (κ3) is 4.09. The molecule has 1 aromatic carbocycles. The lowest BCUT2D eigenvalue weighted by molar-refractivity contribution is -0.146. The Hall–Kier alpha value is -2.46. The maximum absolute atomic E-state index is 12.0. The molecule has 9 nitrogen and oxygen atoms in total. The Bertz CT molecular complexity index is 749. The van der Waals surface area contributed by atoms with Crippen LogP contribution in [-0.4, -0.2) is 53.6 Å². The summed E-state index contributed by atoms with van der Waals surface area (Å²) in [5, 5.41) is 4.80. The molecule has 1 heterocycles. The van der Waals surface area contributed by atoms with E-state index in [1.807, 2.05) is 0 Å². The van der Waals surface area contributed by atoms with Gasteiger partial charge in [0.15, 0.2) is 0 Å². The van der Waals surface area contributed by atoms with Crippen molar-refractivity contribution in [1.82, 2.24) is 14.9 Å². The van der Waals surface area contributed by atoms with E-state index in [0.29, 0.717) is 0 Å². The lowest BCUT2D eigenvalue weighted by atomic mass is 9.98. The summed E-state index contributed by atoms with van der Waals surface area (Å²) in [6.07, 6.45) is 0.0172. The van der Waals surface area contributed by atoms with E-state index in [1.54, 1.807) is 30.3 Å². The maximum Gasteiger partial charge on any atom is 0.362 e. The number of rotatable bonds is 6. The van der Waals surface area contributed by atoms with Crippen molar-refractivity contribution in [1.29, 1.82) is 0 Å². The Balaban J connectivity index is 2.05. The molecular weight excluding hydrogens is 338 g/mol. The van der Waals surface area contributed by atoms with Gasteiger partial charge in [-0.3, -0.25) is 18.9 Å². The van der Waals surface area contributed by atoms with Crippen molar-refractivity contribution < 1.29 is 27.4 Å². The second kappa shape index (κ2) is 6.97. The van der Waals surface area contributed by atoms with Gasteiger partial charge in [-0.25, -0.2) is 4.31 Å². The lowest BCUT2D eigenvalue weighted by Crippen LogP contribution is -2.74. The SMILES string of the molecule is CC(=O)NC[C@H]1[C@@H](NC(=O)Cc2ccccc2)C(=O)N1S(=O)(=O)O. The number of benzene rings is 1. The zero-order valence-corrected chi connectivity index (χ0v) is 13.6. The van der Waals surface area contributed by atoms with E-state index in [-0.39, 0.29) is 17.3 Å². The van der Waals surface area contributed by atoms with Crippen LogP contribution in [0, 0.1) is 0 Å². The monoisotopic (exact) mass is 355 g/mol. The molecule has 2 rings (SSSR count). The molecule has 0 unspecified atom stereocenters. The Morgan fingerprint density at radius 3 is 2.42 bits per heavy atom. The first-order valence-corrected chi connectivity index (χ1v) is 8.48. The van der Waals surface area contributed by atoms with Gasteiger partial charge in [0.25, 0.3) is 5.91 Å². The minimum Gasteiger partial charge on any atom is -0.354 e. The van der Waals surface area contributed by atoms with E-state index in [2.05, 4.69) is 10.6 Å². The number of nitrogens with one attached hydrogen (secondary N) is 2. The number of carbonyl (C=O) groups is 3. The number of amides is 3. The van der Waals surface area contributed by atoms with Crippen LogP contribution in [0.5, 0.6) is 0 Å². The van der Waals surface area contributed by atoms with Crippen LogP contribution < -0.4 is 10.6 Å². The van der Waals surface area contributed by atoms with Crippen LogP contribution in [0.15, 0.2) is 30.3 Å². The fourth-order valence-electron chi connectivity index (χ4n) is 2.42. The molecule has 1 aliphatic rings. The molecule has 0 radical (unpaired) electrons. The molecule has 0 spiro atoms. The van der Waals surface area contributed by atoms with E-state index in [9.17, 15) is 22.8 Å².